The average Bonchev–Trinajstić information content (AvgIpc) is 3.48. The molecule has 0 saturated carbocycles. The summed E-state index contributed by atoms with van der Waals surface area (Å²) in [6.07, 6.45) is 4.91. The summed E-state index contributed by atoms with van der Waals surface area (Å²) < 4.78 is 6.06. The van der Waals surface area contributed by atoms with Crippen LogP contribution in [0, 0.1) is 31.7 Å². The molecule has 0 atom stereocenters. The number of benzene rings is 1. The van der Waals surface area contributed by atoms with Crippen LogP contribution in [0.5, 0.6) is 0 Å². The van der Waals surface area contributed by atoms with Crippen molar-refractivity contribution in [3.05, 3.63) is 70.9 Å². The number of aliphatic hydroxyl groups excluding tert-OH is 1. The van der Waals surface area contributed by atoms with E-state index in [1.807, 2.05) is 58.9 Å². The van der Waals surface area contributed by atoms with Crippen molar-refractivity contribution >= 4 is 49.4 Å². The molecule has 4 heterocycles. The third-order valence-electron chi connectivity index (χ3n) is 7.28. The minimum atomic E-state index is 0. The number of fused-ring (bicyclic) bond motifs is 4. The smallest absolute Gasteiger partial charge is 0.216 e. The minimum Gasteiger partial charge on any atom is -0.512 e. The zero-order valence-electron chi connectivity index (χ0n) is 24.0. The molecule has 0 aliphatic carbocycles. The second kappa shape index (κ2) is 14.2. The Balaban J connectivity index is 0.000000243. The number of aliphatic hydroxyl groups is 1. The molecule has 7 heteroatoms. The van der Waals surface area contributed by atoms with Crippen molar-refractivity contribution in [2.45, 2.75) is 67.2 Å². The van der Waals surface area contributed by atoms with Gasteiger partial charge in [0.15, 0.2) is 5.78 Å². The molecule has 4 aromatic heterocycles. The maximum atomic E-state index is 11.7. The first kappa shape index (κ1) is 31.7. The van der Waals surface area contributed by atoms with Gasteiger partial charge in [-0.05, 0) is 63.4 Å². The van der Waals surface area contributed by atoms with Crippen LogP contribution >= 0.6 is 11.3 Å². The topological polar surface area (TPSA) is 76.2 Å². The molecule has 1 aromatic carbocycles. The molecule has 0 fully saturated rings. The normalized spacial score (nSPS) is 11.8. The molecule has 0 amide bonds. The van der Waals surface area contributed by atoms with E-state index in [1.54, 1.807) is 11.3 Å². The molecule has 0 spiro atoms. The largest absolute Gasteiger partial charge is 0.512 e. The average molecular weight is 734 g/mol. The Labute approximate surface area is 254 Å². The van der Waals surface area contributed by atoms with E-state index in [4.69, 9.17) is 9.40 Å². The third-order valence-corrected chi connectivity index (χ3v) is 8.24. The number of allylic oxidation sites excluding steroid dienone is 2. The molecule has 5 aromatic rings. The van der Waals surface area contributed by atoms with Gasteiger partial charge < -0.3 is 9.52 Å². The van der Waals surface area contributed by atoms with E-state index in [9.17, 15) is 9.90 Å². The van der Waals surface area contributed by atoms with Crippen LogP contribution in [0.25, 0.3) is 43.5 Å². The molecule has 213 valence electrons. The van der Waals surface area contributed by atoms with E-state index in [2.05, 4.69) is 36.2 Å². The number of nitrogens with zero attached hydrogens (tertiary/aromatic N) is 2. The molecule has 0 saturated heterocycles. The number of aryl methyl sites for hydroxylation is 2. The van der Waals surface area contributed by atoms with Crippen molar-refractivity contribution in [2.24, 2.45) is 11.8 Å². The SMILES string of the molecule is CCC(CC)C(=O)/C=C(\O)C(CC)CC.Cc1ccc2c(n1)oc1c(-c3ccc4cc(C)sc4n3)[c-]ccc12.[Ir]. The Morgan fingerprint density at radius 2 is 1.68 bits per heavy atom. The molecule has 1 N–H and O–H groups in total. The van der Waals surface area contributed by atoms with Gasteiger partial charge in [0.05, 0.1) is 11.3 Å². The van der Waals surface area contributed by atoms with Crippen LogP contribution < -0.4 is 0 Å². The molecule has 0 aliphatic rings. The van der Waals surface area contributed by atoms with Gasteiger partial charge in [0.1, 0.15) is 4.83 Å². The molecular weight excluding hydrogens is 697 g/mol. The van der Waals surface area contributed by atoms with Crippen LogP contribution in [0.4, 0.5) is 0 Å². The van der Waals surface area contributed by atoms with Crippen LogP contribution in [0.15, 0.2) is 58.7 Å². The fraction of sp³-hybridized carbons (Fsp3) is 0.364. The second-order valence-electron chi connectivity index (χ2n) is 9.95. The van der Waals surface area contributed by atoms with E-state index in [-0.39, 0.29) is 43.5 Å². The van der Waals surface area contributed by atoms with Gasteiger partial charge in [0, 0.05) is 59.4 Å². The van der Waals surface area contributed by atoms with E-state index >= 15 is 0 Å². The summed E-state index contributed by atoms with van der Waals surface area (Å²) in [4.78, 5) is 23.3. The number of carbonyl (C=O) groups excluding carboxylic acids is 1. The Morgan fingerprint density at radius 3 is 2.35 bits per heavy atom. The van der Waals surface area contributed by atoms with E-state index in [0.717, 1.165) is 63.8 Å². The number of aromatic nitrogens is 2. The monoisotopic (exact) mass is 734 g/mol. The number of carbonyl (C=O) groups is 1. The predicted octanol–water partition coefficient (Wildman–Crippen LogP) is 9.54. The summed E-state index contributed by atoms with van der Waals surface area (Å²) in [5.74, 6) is 0.547. The standard InChI is InChI=1S/C20H13N2OS.C13H24O2.Ir/c1-11-6-8-15-14-4-3-5-16(18(14)23-19(15)21-11)17-9-7-13-10-12(2)24-20(13)22-17;1-5-10(6-2)12(14)9-13(15)11(7-3)8-4;/h3-4,6-10H,1-2H3;9-11,14H,5-8H2,1-4H3;/q-1;;/b;12-9-;. The first-order chi connectivity index (χ1) is 18.8. The summed E-state index contributed by atoms with van der Waals surface area (Å²) in [5, 5.41) is 13.0. The Kier molecular flexibility index (Phi) is 11.2. The van der Waals surface area contributed by atoms with Crippen molar-refractivity contribution in [1.29, 1.82) is 0 Å². The number of hydrogen-bond acceptors (Lipinski definition) is 6. The number of furan rings is 1. The van der Waals surface area contributed by atoms with Crippen molar-refractivity contribution in [3.63, 3.8) is 0 Å². The molecule has 1 radical (unpaired) electrons. The Morgan fingerprint density at radius 1 is 0.975 bits per heavy atom. The number of thiophene rings is 1. The van der Waals surface area contributed by atoms with Gasteiger partial charge in [-0.15, -0.1) is 29.5 Å². The summed E-state index contributed by atoms with van der Waals surface area (Å²) in [7, 11) is 0. The first-order valence-corrected chi connectivity index (χ1v) is 14.6. The molecular formula is C33H37IrN2O3S-. The molecule has 0 unspecified atom stereocenters. The van der Waals surface area contributed by atoms with Crippen molar-refractivity contribution in [1.82, 2.24) is 9.97 Å². The zero-order chi connectivity index (χ0) is 28.1. The van der Waals surface area contributed by atoms with Gasteiger partial charge in [-0.3, -0.25) is 9.78 Å². The summed E-state index contributed by atoms with van der Waals surface area (Å²) in [5.41, 5.74) is 4.17. The number of ketones is 1. The molecule has 5 rings (SSSR count). The second-order valence-corrected chi connectivity index (χ2v) is 11.2. The fourth-order valence-corrected chi connectivity index (χ4v) is 5.75. The zero-order valence-corrected chi connectivity index (χ0v) is 27.2. The van der Waals surface area contributed by atoms with E-state index < -0.39 is 0 Å². The van der Waals surface area contributed by atoms with Crippen LogP contribution in [0.1, 0.15) is 63.9 Å². The summed E-state index contributed by atoms with van der Waals surface area (Å²) in [6.45, 7) is 12.1. The summed E-state index contributed by atoms with van der Waals surface area (Å²) in [6, 6.07) is 17.6. The van der Waals surface area contributed by atoms with Crippen LogP contribution in [-0.2, 0) is 24.9 Å². The molecule has 40 heavy (non-hydrogen) atoms. The van der Waals surface area contributed by atoms with Crippen LogP contribution in [0.2, 0.25) is 0 Å². The van der Waals surface area contributed by atoms with Crippen LogP contribution in [0.3, 0.4) is 0 Å². The van der Waals surface area contributed by atoms with Crippen molar-refractivity contribution in [2.75, 3.05) is 0 Å². The summed E-state index contributed by atoms with van der Waals surface area (Å²) >= 11 is 1.71. The van der Waals surface area contributed by atoms with Crippen LogP contribution in [-0.4, -0.2) is 20.9 Å². The third kappa shape index (κ3) is 6.88. The van der Waals surface area contributed by atoms with E-state index in [0.29, 0.717) is 5.71 Å². The van der Waals surface area contributed by atoms with Gasteiger partial charge in [0.2, 0.25) is 5.71 Å². The minimum absolute atomic E-state index is 0. The maximum absolute atomic E-state index is 11.7. The first-order valence-electron chi connectivity index (χ1n) is 13.8. The predicted molar refractivity (Wildman–Crippen MR) is 162 cm³/mol. The van der Waals surface area contributed by atoms with Gasteiger partial charge in [0.25, 0.3) is 0 Å². The van der Waals surface area contributed by atoms with Gasteiger partial charge in [-0.1, -0.05) is 50.8 Å². The van der Waals surface area contributed by atoms with Crippen molar-refractivity contribution in [3.8, 4) is 11.3 Å². The van der Waals surface area contributed by atoms with E-state index in [1.165, 1.54) is 16.3 Å². The fourth-order valence-electron chi connectivity index (χ4n) is 4.87. The molecule has 0 bridgehead atoms. The molecule has 5 nitrogen and oxygen atoms in total. The maximum Gasteiger partial charge on any atom is 0.216 e. The number of hydrogen-bond donors (Lipinski definition) is 1. The molecule has 0 aliphatic heterocycles. The number of rotatable bonds is 8. The van der Waals surface area contributed by atoms with Gasteiger partial charge >= 0.3 is 0 Å². The van der Waals surface area contributed by atoms with Gasteiger partial charge in [-0.25, -0.2) is 4.98 Å². The van der Waals surface area contributed by atoms with Gasteiger partial charge in [-0.2, -0.15) is 0 Å². The quantitative estimate of drug-likeness (QED) is 0.0977. The Bertz CT molecular complexity index is 1630. The van der Waals surface area contributed by atoms with Crippen molar-refractivity contribution < 1.29 is 34.4 Å². The number of pyridine rings is 2. The Hall–Kier alpha value is -2.86.